The monoisotopic (exact) mass is 277 g/mol. The topological polar surface area (TPSA) is 4.41 Å². The fraction of sp³-hybridized carbons (Fsp3) is 0.300. The van der Waals surface area contributed by atoms with Gasteiger partial charge in [0.05, 0.1) is 5.52 Å². The molecule has 0 atom stereocenters. The zero-order valence-electron chi connectivity index (χ0n) is 13.4. The van der Waals surface area contributed by atoms with Crippen LogP contribution in [0.1, 0.15) is 44.9 Å². The molecular formula is C20H23N. The minimum Gasteiger partial charge on any atom is -0.309 e. The molecule has 0 aliphatic carbocycles. The first-order chi connectivity index (χ1) is 10.2. The molecule has 0 aliphatic rings. The summed E-state index contributed by atoms with van der Waals surface area (Å²) in [5.41, 5.74) is 4.08. The predicted octanol–water partition coefficient (Wildman–Crippen LogP) is 4.25. The molecule has 0 saturated heterocycles. The minimum atomic E-state index is 1.06. The Morgan fingerprint density at radius 2 is 1.86 bits per heavy atom. The first-order valence-electron chi connectivity index (χ1n) is 7.92. The molecule has 0 saturated carbocycles. The van der Waals surface area contributed by atoms with Crippen molar-refractivity contribution in [2.45, 2.75) is 40.5 Å². The molecule has 0 N–H and O–H groups in total. The van der Waals surface area contributed by atoms with Crippen molar-refractivity contribution in [1.82, 2.24) is 4.40 Å². The van der Waals surface area contributed by atoms with Crippen LogP contribution in [0.3, 0.4) is 0 Å². The number of hydrogen-bond donors (Lipinski definition) is 0. The Labute approximate surface area is 126 Å². The van der Waals surface area contributed by atoms with Crippen molar-refractivity contribution in [3.8, 4) is 0 Å². The summed E-state index contributed by atoms with van der Waals surface area (Å²) in [6, 6.07) is 6.68. The van der Waals surface area contributed by atoms with Crippen LogP contribution < -0.4 is 10.6 Å². The van der Waals surface area contributed by atoms with Crippen molar-refractivity contribution in [3.63, 3.8) is 0 Å². The third-order valence-corrected chi connectivity index (χ3v) is 4.29. The summed E-state index contributed by atoms with van der Waals surface area (Å²) >= 11 is 0. The van der Waals surface area contributed by atoms with Gasteiger partial charge in [-0.15, -0.1) is 0 Å². The summed E-state index contributed by atoms with van der Waals surface area (Å²) in [6.45, 7) is 8.76. The van der Waals surface area contributed by atoms with Crippen LogP contribution in [0.4, 0.5) is 0 Å². The second-order valence-corrected chi connectivity index (χ2v) is 5.56. The van der Waals surface area contributed by atoms with E-state index >= 15 is 0 Å². The Hall–Kier alpha value is -2.02. The summed E-state index contributed by atoms with van der Waals surface area (Å²) in [6.07, 6.45) is 11.2. The molecule has 3 aromatic rings. The van der Waals surface area contributed by atoms with Crippen LogP contribution in [-0.2, 0) is 0 Å². The van der Waals surface area contributed by atoms with E-state index in [2.05, 4.69) is 74.6 Å². The summed E-state index contributed by atoms with van der Waals surface area (Å²) in [4.78, 5) is 0. The van der Waals surface area contributed by atoms with Crippen LogP contribution in [0.2, 0.25) is 0 Å². The fourth-order valence-corrected chi connectivity index (χ4v) is 3.37. The largest absolute Gasteiger partial charge is 0.309 e. The van der Waals surface area contributed by atoms with Gasteiger partial charge >= 0.3 is 0 Å². The van der Waals surface area contributed by atoms with E-state index in [0.29, 0.717) is 0 Å². The average Bonchev–Trinajstić information content (AvgIpc) is 2.96. The van der Waals surface area contributed by atoms with Gasteiger partial charge in [-0.3, -0.25) is 0 Å². The number of rotatable bonds is 3. The van der Waals surface area contributed by atoms with Crippen molar-refractivity contribution in [2.75, 3.05) is 0 Å². The van der Waals surface area contributed by atoms with E-state index in [4.69, 9.17) is 0 Å². The van der Waals surface area contributed by atoms with Gasteiger partial charge in [-0.1, -0.05) is 50.3 Å². The van der Waals surface area contributed by atoms with Crippen molar-refractivity contribution in [1.29, 1.82) is 0 Å². The Morgan fingerprint density at radius 3 is 2.52 bits per heavy atom. The maximum Gasteiger partial charge on any atom is 0.0616 e. The number of aromatic nitrogens is 1. The molecule has 3 rings (SSSR count). The standard InChI is InChI=1S/C20H23N/c1-5-8-13-19-14(4)15-11-9-12-17-16(10-6-2)18(7-3)21(19)20(15)17/h7-13H,5-6H2,1-4H3/b13-8-,16-10-,18-7+. The van der Waals surface area contributed by atoms with Crippen LogP contribution in [-0.4, -0.2) is 4.40 Å². The zero-order chi connectivity index (χ0) is 15.0. The summed E-state index contributed by atoms with van der Waals surface area (Å²) in [5.74, 6) is 0. The predicted molar refractivity (Wildman–Crippen MR) is 94.3 cm³/mol. The third kappa shape index (κ3) is 1.91. The molecule has 2 aromatic heterocycles. The van der Waals surface area contributed by atoms with Gasteiger partial charge in [-0.05, 0) is 38.3 Å². The van der Waals surface area contributed by atoms with Gasteiger partial charge < -0.3 is 4.40 Å². The van der Waals surface area contributed by atoms with E-state index in [1.165, 1.54) is 38.1 Å². The Morgan fingerprint density at radius 1 is 1.10 bits per heavy atom. The van der Waals surface area contributed by atoms with E-state index in [9.17, 15) is 0 Å². The zero-order valence-corrected chi connectivity index (χ0v) is 13.4. The number of benzene rings is 1. The first kappa shape index (κ1) is 13.9. The molecule has 21 heavy (non-hydrogen) atoms. The summed E-state index contributed by atoms with van der Waals surface area (Å²) in [5, 5.41) is 5.46. The normalized spacial score (nSPS) is 14.5. The first-order valence-corrected chi connectivity index (χ1v) is 7.92. The molecule has 1 aromatic carbocycles. The average molecular weight is 277 g/mol. The SMILES string of the molecule is C/C=c1\c(=C/CC)c2cccc3c(C)c(/C=C\CC)n1c32. The molecule has 0 spiro atoms. The molecule has 0 fully saturated rings. The highest BCUT2D eigenvalue weighted by atomic mass is 14.9. The van der Waals surface area contributed by atoms with E-state index in [1.807, 2.05) is 0 Å². The van der Waals surface area contributed by atoms with E-state index < -0.39 is 0 Å². The summed E-state index contributed by atoms with van der Waals surface area (Å²) in [7, 11) is 0. The fourth-order valence-electron chi connectivity index (χ4n) is 3.37. The Bertz CT molecular complexity index is 922. The van der Waals surface area contributed by atoms with Crippen molar-refractivity contribution in [2.24, 2.45) is 0 Å². The summed E-state index contributed by atoms with van der Waals surface area (Å²) < 4.78 is 2.44. The molecule has 1 heteroatoms. The number of allylic oxidation sites excluding steroid dienone is 1. The van der Waals surface area contributed by atoms with Gasteiger partial charge in [-0.2, -0.15) is 0 Å². The van der Waals surface area contributed by atoms with Gasteiger partial charge in [0.2, 0.25) is 0 Å². The molecule has 0 amide bonds. The molecule has 108 valence electrons. The van der Waals surface area contributed by atoms with Crippen LogP contribution in [0.15, 0.2) is 24.3 Å². The van der Waals surface area contributed by atoms with Crippen molar-refractivity contribution in [3.05, 3.63) is 46.1 Å². The molecular weight excluding hydrogens is 254 g/mol. The van der Waals surface area contributed by atoms with Crippen LogP contribution in [0, 0.1) is 6.92 Å². The molecule has 0 aliphatic heterocycles. The molecule has 0 radical (unpaired) electrons. The van der Waals surface area contributed by atoms with Crippen molar-refractivity contribution >= 4 is 34.5 Å². The number of nitrogens with zero attached hydrogens (tertiary/aromatic N) is 1. The van der Waals surface area contributed by atoms with Crippen LogP contribution >= 0.6 is 0 Å². The number of hydrogen-bond acceptors (Lipinski definition) is 0. The highest BCUT2D eigenvalue weighted by molar-refractivity contribution is 6.01. The Balaban J connectivity index is 2.62. The Kier molecular flexibility index (Phi) is 3.59. The second kappa shape index (κ2) is 5.40. The third-order valence-electron chi connectivity index (χ3n) is 4.29. The molecule has 0 unspecified atom stereocenters. The lowest BCUT2D eigenvalue weighted by Gasteiger charge is -1.97. The van der Waals surface area contributed by atoms with Gasteiger partial charge in [0.1, 0.15) is 0 Å². The van der Waals surface area contributed by atoms with Crippen molar-refractivity contribution < 1.29 is 0 Å². The van der Waals surface area contributed by atoms with Gasteiger partial charge in [-0.25, -0.2) is 0 Å². The quantitative estimate of drug-likeness (QED) is 0.674. The van der Waals surface area contributed by atoms with Gasteiger partial charge in [0.25, 0.3) is 0 Å². The van der Waals surface area contributed by atoms with Crippen LogP contribution in [0.5, 0.6) is 0 Å². The minimum absolute atomic E-state index is 1.06. The molecule has 1 nitrogen and oxygen atoms in total. The number of para-hydroxylation sites is 1. The lowest BCUT2D eigenvalue weighted by molar-refractivity contribution is 1.12. The van der Waals surface area contributed by atoms with E-state index in [1.54, 1.807) is 0 Å². The highest BCUT2D eigenvalue weighted by Crippen LogP contribution is 2.27. The van der Waals surface area contributed by atoms with Gasteiger partial charge in [0.15, 0.2) is 0 Å². The maximum absolute atomic E-state index is 2.44. The van der Waals surface area contributed by atoms with E-state index in [-0.39, 0.29) is 0 Å². The maximum atomic E-state index is 2.44. The second-order valence-electron chi connectivity index (χ2n) is 5.56. The lowest BCUT2D eigenvalue weighted by Crippen LogP contribution is -2.26. The van der Waals surface area contributed by atoms with Crippen LogP contribution in [0.25, 0.3) is 34.5 Å². The molecule has 2 heterocycles. The van der Waals surface area contributed by atoms with Gasteiger partial charge in [0, 0.05) is 27.0 Å². The van der Waals surface area contributed by atoms with E-state index in [0.717, 1.165) is 12.8 Å². The highest BCUT2D eigenvalue weighted by Gasteiger charge is 2.15. The molecule has 0 bridgehead atoms. The lowest BCUT2D eigenvalue weighted by atomic mass is 10.1. The number of aryl methyl sites for hydroxylation is 1. The smallest absolute Gasteiger partial charge is 0.0616 e.